The van der Waals surface area contributed by atoms with Crippen molar-refractivity contribution in [3.8, 4) is 0 Å². The molecule has 0 spiro atoms. The Morgan fingerprint density at radius 3 is 2.32 bits per heavy atom. The minimum Gasteiger partial charge on any atom is -0.381 e. The van der Waals surface area contributed by atoms with Gasteiger partial charge in [0.05, 0.1) is 0 Å². The van der Waals surface area contributed by atoms with Crippen molar-refractivity contribution in [3.63, 3.8) is 0 Å². The maximum Gasteiger partial charge on any atom is 0.251 e. The van der Waals surface area contributed by atoms with Gasteiger partial charge in [-0.15, -0.1) is 0 Å². The number of benzene rings is 2. The second-order valence-corrected chi connectivity index (χ2v) is 8.12. The zero-order valence-corrected chi connectivity index (χ0v) is 16.5. The molecule has 0 bridgehead atoms. The maximum atomic E-state index is 12.8. The molecule has 4 rings (SSSR count). The zero-order chi connectivity index (χ0) is 19.2. The summed E-state index contributed by atoms with van der Waals surface area (Å²) in [5, 5.41) is 3.20. The quantitative estimate of drug-likeness (QED) is 0.832. The summed E-state index contributed by atoms with van der Waals surface area (Å²) in [5.41, 5.74) is 3.27. The molecule has 0 atom stereocenters. The molecule has 2 aromatic rings. The van der Waals surface area contributed by atoms with E-state index >= 15 is 0 Å². The Hall–Kier alpha value is -2.17. The first-order valence-electron chi connectivity index (χ1n) is 10.5. The summed E-state index contributed by atoms with van der Waals surface area (Å²) in [5.74, 6) is 0.00882. The fourth-order valence-electron chi connectivity index (χ4n) is 4.43. The smallest absolute Gasteiger partial charge is 0.251 e. The van der Waals surface area contributed by atoms with Crippen LogP contribution >= 0.6 is 0 Å². The van der Waals surface area contributed by atoms with Gasteiger partial charge >= 0.3 is 0 Å². The molecule has 0 unspecified atom stereocenters. The van der Waals surface area contributed by atoms with Crippen LogP contribution < -0.4 is 5.32 Å². The second-order valence-electron chi connectivity index (χ2n) is 8.12. The topological polar surface area (TPSA) is 41.6 Å². The Bertz CT molecular complexity index is 761. The van der Waals surface area contributed by atoms with Gasteiger partial charge in [-0.3, -0.25) is 9.69 Å². The number of nitrogens with one attached hydrogen (secondary N) is 1. The van der Waals surface area contributed by atoms with Crippen LogP contribution in [0.1, 0.15) is 47.2 Å². The third-order valence-corrected chi connectivity index (χ3v) is 6.24. The van der Waals surface area contributed by atoms with E-state index < -0.39 is 0 Å². The Morgan fingerprint density at radius 2 is 1.64 bits per heavy atom. The molecule has 0 saturated carbocycles. The minimum absolute atomic E-state index is 0.00882. The van der Waals surface area contributed by atoms with E-state index in [1.54, 1.807) is 0 Å². The molecule has 148 valence electrons. The fraction of sp³-hybridized carbons (Fsp3) is 0.458. The van der Waals surface area contributed by atoms with Crippen molar-refractivity contribution in [3.05, 3.63) is 71.3 Å². The van der Waals surface area contributed by atoms with E-state index in [1.807, 2.05) is 18.2 Å². The predicted molar refractivity (Wildman–Crippen MR) is 111 cm³/mol. The molecule has 1 amide bonds. The van der Waals surface area contributed by atoms with E-state index in [0.29, 0.717) is 6.54 Å². The molecule has 2 aromatic carbocycles. The molecule has 0 aromatic heterocycles. The van der Waals surface area contributed by atoms with E-state index in [4.69, 9.17) is 4.74 Å². The summed E-state index contributed by atoms with van der Waals surface area (Å²) in [6.45, 7) is 5.50. The molecule has 4 nitrogen and oxygen atoms in total. The highest BCUT2D eigenvalue weighted by Crippen LogP contribution is 2.34. The molecule has 28 heavy (non-hydrogen) atoms. The maximum absolute atomic E-state index is 12.8. The van der Waals surface area contributed by atoms with Crippen molar-refractivity contribution >= 4 is 5.91 Å². The van der Waals surface area contributed by atoms with Gasteiger partial charge in [-0.25, -0.2) is 0 Å². The zero-order valence-electron chi connectivity index (χ0n) is 16.5. The highest BCUT2D eigenvalue weighted by molar-refractivity contribution is 5.94. The first-order valence-corrected chi connectivity index (χ1v) is 10.5. The first kappa shape index (κ1) is 19.2. The van der Waals surface area contributed by atoms with Crippen molar-refractivity contribution in [2.24, 2.45) is 0 Å². The number of carbonyl (C=O) groups excluding carboxylic acids is 1. The average molecular weight is 379 g/mol. The van der Waals surface area contributed by atoms with Gasteiger partial charge in [0, 0.05) is 37.3 Å². The summed E-state index contributed by atoms with van der Waals surface area (Å²) in [6.07, 6.45) is 4.47. The molecule has 2 aliphatic rings. The average Bonchev–Trinajstić information content (AvgIpc) is 3.27. The van der Waals surface area contributed by atoms with Gasteiger partial charge in [0.25, 0.3) is 5.91 Å². The summed E-state index contributed by atoms with van der Waals surface area (Å²) >= 11 is 0. The molecule has 1 N–H and O–H groups in total. The Morgan fingerprint density at radius 1 is 0.964 bits per heavy atom. The van der Waals surface area contributed by atoms with Crippen LogP contribution in [-0.2, 0) is 16.7 Å². The van der Waals surface area contributed by atoms with Crippen molar-refractivity contribution in [2.45, 2.75) is 37.6 Å². The van der Waals surface area contributed by atoms with Crippen LogP contribution in [0.15, 0.2) is 54.6 Å². The lowest BCUT2D eigenvalue weighted by molar-refractivity contribution is 0.0487. The van der Waals surface area contributed by atoms with Crippen molar-refractivity contribution in [1.29, 1.82) is 0 Å². The van der Waals surface area contributed by atoms with Gasteiger partial charge in [0.2, 0.25) is 0 Å². The van der Waals surface area contributed by atoms with Crippen LogP contribution in [0.25, 0.3) is 0 Å². The number of hydrogen-bond donors (Lipinski definition) is 1. The number of carbonyl (C=O) groups is 1. The second kappa shape index (κ2) is 8.89. The lowest BCUT2D eigenvalue weighted by Crippen LogP contribution is -2.44. The van der Waals surface area contributed by atoms with Gasteiger partial charge < -0.3 is 10.1 Å². The van der Waals surface area contributed by atoms with Gasteiger partial charge in [0.1, 0.15) is 0 Å². The monoisotopic (exact) mass is 378 g/mol. The summed E-state index contributed by atoms with van der Waals surface area (Å²) < 4.78 is 5.59. The van der Waals surface area contributed by atoms with E-state index in [0.717, 1.165) is 38.2 Å². The van der Waals surface area contributed by atoms with Crippen LogP contribution in [0.3, 0.4) is 0 Å². The summed E-state index contributed by atoms with van der Waals surface area (Å²) in [4.78, 5) is 15.2. The number of nitrogens with zero attached hydrogens (tertiary/aromatic N) is 1. The van der Waals surface area contributed by atoms with Crippen LogP contribution in [-0.4, -0.2) is 43.7 Å². The number of likely N-dealkylation sites (tertiary alicyclic amines) is 1. The van der Waals surface area contributed by atoms with Gasteiger partial charge in [-0.1, -0.05) is 42.5 Å². The molecule has 4 heteroatoms. The van der Waals surface area contributed by atoms with E-state index in [2.05, 4.69) is 46.6 Å². The number of ether oxygens (including phenoxy) is 1. The molecule has 2 fully saturated rings. The lowest BCUT2D eigenvalue weighted by atomic mass is 9.74. The summed E-state index contributed by atoms with van der Waals surface area (Å²) in [7, 11) is 0. The van der Waals surface area contributed by atoms with Crippen molar-refractivity contribution < 1.29 is 9.53 Å². The molecule has 0 aliphatic carbocycles. The highest BCUT2D eigenvalue weighted by Gasteiger charge is 2.34. The van der Waals surface area contributed by atoms with Crippen LogP contribution in [0, 0.1) is 0 Å². The number of hydrogen-bond acceptors (Lipinski definition) is 3. The predicted octanol–water partition coefficient (Wildman–Crippen LogP) is 3.76. The van der Waals surface area contributed by atoms with E-state index in [1.165, 1.54) is 37.1 Å². The van der Waals surface area contributed by atoms with Crippen molar-refractivity contribution in [1.82, 2.24) is 10.2 Å². The Labute approximate surface area is 167 Å². The van der Waals surface area contributed by atoms with E-state index in [-0.39, 0.29) is 11.3 Å². The molecule has 2 saturated heterocycles. The Kier molecular flexibility index (Phi) is 6.08. The largest absolute Gasteiger partial charge is 0.381 e. The van der Waals surface area contributed by atoms with Gasteiger partial charge in [-0.05, 0) is 62.0 Å². The molecule has 0 radical (unpaired) electrons. The normalized spacial score (nSPS) is 19.4. The third-order valence-electron chi connectivity index (χ3n) is 6.24. The Balaban J connectivity index is 1.39. The fourth-order valence-corrected chi connectivity index (χ4v) is 4.43. The SMILES string of the molecule is O=C(NCC1(c2ccccc2)CCOCC1)c1ccc(CN2CCCC2)cc1. The molecular formula is C24H30N2O2. The standard InChI is InChI=1S/C24H30N2O2/c27-23(21-10-8-20(9-11-21)18-26-14-4-5-15-26)25-19-24(12-16-28-17-13-24)22-6-2-1-3-7-22/h1-3,6-11H,4-5,12-19H2,(H,25,27). The number of rotatable bonds is 6. The molecule has 2 heterocycles. The van der Waals surface area contributed by atoms with Gasteiger partial charge in [0.15, 0.2) is 0 Å². The first-order chi connectivity index (χ1) is 13.8. The third kappa shape index (κ3) is 4.45. The lowest BCUT2D eigenvalue weighted by Gasteiger charge is -2.38. The molecular weight excluding hydrogens is 348 g/mol. The van der Waals surface area contributed by atoms with Crippen molar-refractivity contribution in [2.75, 3.05) is 32.8 Å². The van der Waals surface area contributed by atoms with Crippen LogP contribution in [0.2, 0.25) is 0 Å². The van der Waals surface area contributed by atoms with E-state index in [9.17, 15) is 4.79 Å². The number of amides is 1. The van der Waals surface area contributed by atoms with Crippen LogP contribution in [0.5, 0.6) is 0 Å². The minimum atomic E-state index is -0.0368. The van der Waals surface area contributed by atoms with Gasteiger partial charge in [-0.2, -0.15) is 0 Å². The summed E-state index contributed by atoms with van der Waals surface area (Å²) in [6, 6.07) is 18.6. The molecule has 2 aliphatic heterocycles. The van der Waals surface area contributed by atoms with Crippen LogP contribution in [0.4, 0.5) is 0 Å². The highest BCUT2D eigenvalue weighted by atomic mass is 16.5.